The van der Waals surface area contributed by atoms with Crippen molar-refractivity contribution in [2.75, 3.05) is 14.1 Å². The zero-order valence-corrected chi connectivity index (χ0v) is 18.7. The van der Waals surface area contributed by atoms with Gasteiger partial charge in [0.1, 0.15) is 11.3 Å². The van der Waals surface area contributed by atoms with E-state index in [1.807, 2.05) is 20.8 Å². The van der Waals surface area contributed by atoms with Crippen LogP contribution in [0.3, 0.4) is 0 Å². The summed E-state index contributed by atoms with van der Waals surface area (Å²) in [4.78, 5) is 41.1. The van der Waals surface area contributed by atoms with E-state index in [4.69, 9.17) is 6.57 Å². The van der Waals surface area contributed by atoms with Gasteiger partial charge >= 0.3 is 0 Å². The number of amides is 1. The van der Waals surface area contributed by atoms with Crippen LogP contribution in [0.1, 0.15) is 48.0 Å². The minimum atomic E-state index is -0.558. The molecule has 1 aromatic carbocycles. The maximum absolute atomic E-state index is 14.7. The maximum atomic E-state index is 14.7. The van der Waals surface area contributed by atoms with Crippen LogP contribution in [0.2, 0.25) is 0 Å². The third-order valence-corrected chi connectivity index (χ3v) is 4.84. The predicted molar refractivity (Wildman–Crippen MR) is 120 cm³/mol. The van der Waals surface area contributed by atoms with Crippen LogP contribution in [-0.4, -0.2) is 45.6 Å². The van der Waals surface area contributed by atoms with Crippen LogP contribution in [0.5, 0.6) is 0 Å². The summed E-state index contributed by atoms with van der Waals surface area (Å²) in [5.41, 5.74) is 2.16. The Labute approximate surface area is 185 Å². The minimum absolute atomic E-state index is 0.0414. The van der Waals surface area contributed by atoms with Gasteiger partial charge in [0.25, 0.3) is 11.6 Å². The van der Waals surface area contributed by atoms with Gasteiger partial charge in [0, 0.05) is 37.7 Å². The van der Waals surface area contributed by atoms with Crippen LogP contribution in [0.15, 0.2) is 36.3 Å². The van der Waals surface area contributed by atoms with Crippen molar-refractivity contribution in [1.82, 2.24) is 19.9 Å². The predicted octanol–water partition coefficient (Wildman–Crippen LogP) is 4.26. The molecule has 164 valence electrons. The van der Waals surface area contributed by atoms with Crippen molar-refractivity contribution in [3.63, 3.8) is 0 Å². The van der Waals surface area contributed by atoms with Crippen LogP contribution in [0.25, 0.3) is 22.1 Å². The molecule has 0 aliphatic carbocycles. The van der Waals surface area contributed by atoms with Gasteiger partial charge in [0.15, 0.2) is 11.4 Å². The first-order valence-corrected chi connectivity index (χ1v) is 9.98. The molecule has 0 radical (unpaired) electrons. The number of hydrogen-bond donors (Lipinski definition) is 1. The number of carbonyl (C=O) groups excluding carboxylic acids is 2. The molecule has 7 nitrogen and oxygen atoms in total. The van der Waals surface area contributed by atoms with Gasteiger partial charge in [0.05, 0.1) is 24.0 Å². The van der Waals surface area contributed by atoms with Crippen molar-refractivity contribution in [3.8, 4) is 0 Å². The Bertz CT molecular complexity index is 1280. The maximum Gasteiger partial charge on any atom is 0.252 e. The summed E-state index contributed by atoms with van der Waals surface area (Å²) in [7, 11) is 3.06. The van der Waals surface area contributed by atoms with Crippen molar-refractivity contribution < 1.29 is 14.0 Å². The number of fused-ring (bicyclic) bond motifs is 1. The van der Waals surface area contributed by atoms with E-state index in [0.717, 1.165) is 0 Å². The lowest BCUT2D eigenvalue weighted by molar-refractivity contribution is -0.124. The van der Waals surface area contributed by atoms with Crippen molar-refractivity contribution >= 4 is 28.9 Å². The SMILES string of the molecule is [C-]#[N+]C(=Cc1ccc(Cc2cnc3[nH]cc(C(=O)C(C)(C)C)c3n2)cc1F)C(=O)N(C)C. The second-order valence-electron chi connectivity index (χ2n) is 8.71. The van der Waals surface area contributed by atoms with Gasteiger partial charge in [-0.25, -0.2) is 19.2 Å². The van der Waals surface area contributed by atoms with Gasteiger partial charge in [-0.1, -0.05) is 32.9 Å². The lowest BCUT2D eigenvalue weighted by atomic mass is 9.87. The lowest BCUT2D eigenvalue weighted by Gasteiger charge is -2.15. The van der Waals surface area contributed by atoms with E-state index in [2.05, 4.69) is 19.8 Å². The zero-order valence-electron chi connectivity index (χ0n) is 18.7. The Morgan fingerprint density at radius 1 is 1.28 bits per heavy atom. The van der Waals surface area contributed by atoms with Gasteiger partial charge in [0.2, 0.25) is 0 Å². The highest BCUT2D eigenvalue weighted by Crippen LogP contribution is 2.25. The fourth-order valence-electron chi connectivity index (χ4n) is 3.12. The number of likely N-dealkylation sites (N-methyl/N-ethyl adjacent to an activating group) is 1. The Kier molecular flexibility index (Phi) is 6.21. The van der Waals surface area contributed by atoms with E-state index in [-0.39, 0.29) is 17.0 Å². The quantitative estimate of drug-likeness (QED) is 0.370. The minimum Gasteiger partial charge on any atom is -0.354 e. The van der Waals surface area contributed by atoms with Gasteiger partial charge in [-0.2, -0.15) is 0 Å². The zero-order chi connectivity index (χ0) is 23.6. The summed E-state index contributed by atoms with van der Waals surface area (Å²) in [5.74, 6) is -1.08. The third kappa shape index (κ3) is 4.72. The van der Waals surface area contributed by atoms with Gasteiger partial charge < -0.3 is 9.88 Å². The van der Waals surface area contributed by atoms with E-state index >= 15 is 0 Å². The smallest absolute Gasteiger partial charge is 0.252 e. The van der Waals surface area contributed by atoms with Crippen LogP contribution in [0, 0.1) is 17.8 Å². The number of benzene rings is 1. The van der Waals surface area contributed by atoms with Crippen molar-refractivity contribution in [3.05, 3.63) is 75.9 Å². The van der Waals surface area contributed by atoms with E-state index in [0.29, 0.717) is 34.4 Å². The number of carbonyl (C=O) groups is 2. The number of ketones is 1. The topological polar surface area (TPSA) is 83.3 Å². The second-order valence-corrected chi connectivity index (χ2v) is 8.71. The number of aromatic nitrogens is 3. The number of hydrogen-bond acceptors (Lipinski definition) is 4. The first-order valence-electron chi connectivity index (χ1n) is 9.98. The molecule has 0 spiro atoms. The largest absolute Gasteiger partial charge is 0.354 e. The number of aromatic amines is 1. The van der Waals surface area contributed by atoms with Crippen molar-refractivity contribution in [1.29, 1.82) is 0 Å². The molecule has 2 aromatic heterocycles. The van der Waals surface area contributed by atoms with E-state index in [9.17, 15) is 14.0 Å². The fraction of sp³-hybridized carbons (Fsp3) is 0.292. The Hall–Kier alpha value is -3.86. The standard InChI is InChI=1S/C24H24FN5O2/c1-24(2,3)21(31)17-13-28-22-20(17)29-16(12-27-22)9-14-7-8-15(18(25)10-14)11-19(26-4)23(32)30(5)6/h7-8,10-13H,9H2,1-3,5-6H3,(H,27,28). The molecule has 0 unspecified atom stereocenters. The summed E-state index contributed by atoms with van der Waals surface area (Å²) >= 11 is 0. The summed E-state index contributed by atoms with van der Waals surface area (Å²) in [6, 6.07) is 4.58. The average molecular weight is 433 g/mol. The molecule has 0 saturated carbocycles. The fourth-order valence-corrected chi connectivity index (χ4v) is 3.12. The van der Waals surface area contributed by atoms with Crippen molar-refractivity contribution in [2.45, 2.75) is 27.2 Å². The molecular formula is C24H24FN5O2. The highest BCUT2D eigenvalue weighted by molar-refractivity contribution is 6.08. The Balaban J connectivity index is 1.90. The molecule has 3 rings (SSSR count). The van der Waals surface area contributed by atoms with Crippen LogP contribution in [0.4, 0.5) is 4.39 Å². The molecule has 1 amide bonds. The van der Waals surface area contributed by atoms with E-state index in [1.54, 1.807) is 18.5 Å². The monoisotopic (exact) mass is 433 g/mol. The second kappa shape index (κ2) is 8.71. The van der Waals surface area contributed by atoms with E-state index < -0.39 is 17.1 Å². The molecule has 1 N–H and O–H groups in total. The summed E-state index contributed by atoms with van der Waals surface area (Å²) in [5, 5.41) is 0. The highest BCUT2D eigenvalue weighted by Gasteiger charge is 2.26. The van der Waals surface area contributed by atoms with Gasteiger partial charge in [-0.15, -0.1) is 0 Å². The van der Waals surface area contributed by atoms with Crippen LogP contribution >= 0.6 is 0 Å². The first-order chi connectivity index (χ1) is 15.0. The molecule has 0 aliphatic heterocycles. The normalized spacial score (nSPS) is 12.0. The number of H-pyrrole nitrogens is 1. The molecule has 0 saturated heterocycles. The number of Topliss-reactive ketones (excluding diaryl/α,β-unsaturated/α-hetero) is 1. The average Bonchev–Trinajstić information content (AvgIpc) is 3.14. The number of nitrogens with one attached hydrogen (secondary N) is 1. The molecule has 0 aliphatic rings. The van der Waals surface area contributed by atoms with Gasteiger partial charge in [-0.3, -0.25) is 9.59 Å². The molecule has 3 aromatic rings. The molecule has 0 bridgehead atoms. The van der Waals surface area contributed by atoms with Crippen LogP contribution < -0.4 is 0 Å². The molecule has 2 heterocycles. The molecule has 8 heteroatoms. The molecule has 32 heavy (non-hydrogen) atoms. The third-order valence-electron chi connectivity index (χ3n) is 4.84. The number of rotatable bonds is 5. The lowest BCUT2D eigenvalue weighted by Crippen LogP contribution is -2.22. The molecular weight excluding hydrogens is 409 g/mol. The Morgan fingerprint density at radius 3 is 2.59 bits per heavy atom. The van der Waals surface area contributed by atoms with Crippen molar-refractivity contribution in [2.24, 2.45) is 5.41 Å². The highest BCUT2D eigenvalue weighted by atomic mass is 19.1. The number of halogens is 1. The van der Waals surface area contributed by atoms with Gasteiger partial charge in [-0.05, 0) is 17.7 Å². The summed E-state index contributed by atoms with van der Waals surface area (Å²) in [6.45, 7) is 12.7. The molecule has 0 atom stereocenters. The summed E-state index contributed by atoms with van der Waals surface area (Å²) < 4.78 is 14.7. The summed E-state index contributed by atoms with van der Waals surface area (Å²) in [6.07, 6.45) is 4.75. The van der Waals surface area contributed by atoms with E-state index in [1.165, 1.54) is 37.2 Å². The number of nitrogens with zero attached hydrogens (tertiary/aromatic N) is 4. The Morgan fingerprint density at radius 2 is 2.00 bits per heavy atom. The first kappa shape index (κ1) is 22.8. The molecule has 0 fully saturated rings. The van der Waals surface area contributed by atoms with Crippen LogP contribution in [-0.2, 0) is 11.2 Å².